The van der Waals surface area contributed by atoms with Crippen LogP contribution < -0.4 is 0 Å². The Bertz CT molecular complexity index is 113. The minimum Gasteiger partial charge on any atom is -0.396 e. The molecule has 0 spiro atoms. The lowest BCUT2D eigenvalue weighted by atomic mass is 10.3. The van der Waals surface area contributed by atoms with E-state index in [4.69, 9.17) is 30.6 Å². The smallest absolute Gasteiger partial charge is 0.0768 e. The molecule has 0 aromatic carbocycles. The maximum atomic E-state index is 8.42. The number of hydrogen-bond donors (Lipinski definition) is 6. The van der Waals surface area contributed by atoms with E-state index in [9.17, 15) is 0 Å². The number of unbranched alkanes of at least 4 members (excludes halogenated alkanes) is 1. The van der Waals surface area contributed by atoms with E-state index in [1.807, 2.05) is 6.92 Å². The molecule has 0 aliphatic rings. The minimum atomic E-state index is -0.509. The lowest BCUT2D eigenvalue weighted by molar-refractivity contribution is 0.0923. The molecule has 6 nitrogen and oxygen atoms in total. The topological polar surface area (TPSA) is 121 Å². The monoisotopic (exact) mass is 270 g/mol. The third kappa shape index (κ3) is 36.0. The van der Waals surface area contributed by atoms with Crippen LogP contribution in [-0.2, 0) is 0 Å². The van der Waals surface area contributed by atoms with Gasteiger partial charge in [0.25, 0.3) is 0 Å². The Balaban J connectivity index is -0.000000187. The molecule has 2 unspecified atom stereocenters. The molecule has 0 bridgehead atoms. The second kappa shape index (κ2) is 22.0. The molecule has 0 aromatic heterocycles. The normalized spacial score (nSPS) is 12.7. The van der Waals surface area contributed by atoms with Crippen LogP contribution in [-0.4, -0.2) is 69.3 Å². The quantitative estimate of drug-likeness (QED) is 0.339. The first-order chi connectivity index (χ1) is 8.49. The highest BCUT2D eigenvalue weighted by Crippen LogP contribution is 1.84. The zero-order valence-electron chi connectivity index (χ0n) is 11.5. The minimum absolute atomic E-state index is 0.0810. The van der Waals surface area contributed by atoms with Crippen molar-refractivity contribution in [2.75, 3.05) is 26.4 Å². The maximum Gasteiger partial charge on any atom is 0.0768 e. The van der Waals surface area contributed by atoms with Crippen LogP contribution in [0.25, 0.3) is 0 Å². The summed E-state index contributed by atoms with van der Waals surface area (Å²) in [5.41, 5.74) is 0. The van der Waals surface area contributed by atoms with Crippen molar-refractivity contribution in [2.45, 2.75) is 51.7 Å². The van der Waals surface area contributed by atoms with Gasteiger partial charge < -0.3 is 30.6 Å². The predicted molar refractivity (Wildman–Crippen MR) is 70.2 cm³/mol. The average molecular weight is 270 g/mol. The molecule has 0 saturated heterocycles. The van der Waals surface area contributed by atoms with E-state index in [0.29, 0.717) is 12.8 Å². The molecule has 0 radical (unpaired) electrons. The van der Waals surface area contributed by atoms with Crippen molar-refractivity contribution in [1.82, 2.24) is 0 Å². The third-order valence-corrected chi connectivity index (χ3v) is 1.80. The highest BCUT2D eigenvalue weighted by Gasteiger charge is 1.92. The summed E-state index contributed by atoms with van der Waals surface area (Å²) in [6.07, 6.45) is 1.70. The van der Waals surface area contributed by atoms with Crippen molar-refractivity contribution >= 4 is 0 Å². The average Bonchev–Trinajstić information content (AvgIpc) is 2.36. The SMILES string of the molecule is CC(O)CCO.CCC(O)CO.OCCCCO. The number of rotatable bonds is 7. The highest BCUT2D eigenvalue weighted by molar-refractivity contribution is 4.43. The fourth-order valence-electron chi connectivity index (χ4n) is 0.540. The first-order valence-corrected chi connectivity index (χ1v) is 6.29. The lowest BCUT2D eigenvalue weighted by Crippen LogP contribution is -2.08. The maximum absolute atomic E-state index is 8.42. The molecule has 0 aliphatic carbocycles. The van der Waals surface area contributed by atoms with Crippen LogP contribution in [0.15, 0.2) is 0 Å². The van der Waals surface area contributed by atoms with Crippen LogP contribution in [0.3, 0.4) is 0 Å². The second-order valence-electron chi connectivity index (χ2n) is 3.76. The summed E-state index contributed by atoms with van der Waals surface area (Å²) in [7, 11) is 0. The molecule has 6 N–H and O–H groups in total. The van der Waals surface area contributed by atoms with Crippen molar-refractivity contribution < 1.29 is 30.6 Å². The Morgan fingerprint density at radius 1 is 0.833 bits per heavy atom. The fraction of sp³-hybridized carbons (Fsp3) is 1.00. The molecule has 0 aromatic rings. The molecule has 0 saturated carbocycles. The Kier molecular flexibility index (Phi) is 28.0. The van der Waals surface area contributed by atoms with Gasteiger partial charge in [-0.1, -0.05) is 6.92 Å². The molecule has 6 heteroatoms. The van der Waals surface area contributed by atoms with E-state index in [0.717, 1.165) is 12.8 Å². The number of hydrogen-bond acceptors (Lipinski definition) is 6. The van der Waals surface area contributed by atoms with Gasteiger partial charge in [0.1, 0.15) is 0 Å². The summed E-state index contributed by atoms with van der Waals surface area (Å²) in [6.45, 7) is 3.83. The standard InChI is InChI=1S/3C4H10O2/c1-4(6)2-3-5;1-2-4(6)3-5;5-3-1-2-4-6/h2*4-6H,2-3H2,1H3;5-6H,1-4H2. The summed E-state index contributed by atoms with van der Waals surface area (Å²) >= 11 is 0. The molecule has 0 heterocycles. The summed E-state index contributed by atoms with van der Waals surface area (Å²) in [5, 5.41) is 49.1. The van der Waals surface area contributed by atoms with Crippen molar-refractivity contribution in [3.63, 3.8) is 0 Å². The Hall–Kier alpha value is -0.240. The highest BCUT2D eigenvalue weighted by atomic mass is 16.3. The Labute approximate surface area is 110 Å². The van der Waals surface area contributed by atoms with Gasteiger partial charge in [0.15, 0.2) is 0 Å². The first-order valence-electron chi connectivity index (χ1n) is 6.29. The van der Waals surface area contributed by atoms with Gasteiger partial charge in [0.2, 0.25) is 0 Å². The van der Waals surface area contributed by atoms with Gasteiger partial charge in [-0.3, -0.25) is 0 Å². The summed E-state index contributed by atoms with van der Waals surface area (Å²) in [6, 6.07) is 0. The zero-order valence-corrected chi connectivity index (χ0v) is 11.5. The van der Waals surface area contributed by atoms with E-state index in [1.165, 1.54) is 0 Å². The van der Waals surface area contributed by atoms with E-state index in [2.05, 4.69) is 0 Å². The van der Waals surface area contributed by atoms with Crippen LogP contribution in [0.1, 0.15) is 39.5 Å². The molecule has 0 amide bonds. The molecule has 0 fully saturated rings. The van der Waals surface area contributed by atoms with Gasteiger partial charge in [-0.25, -0.2) is 0 Å². The van der Waals surface area contributed by atoms with Gasteiger partial charge in [-0.15, -0.1) is 0 Å². The van der Waals surface area contributed by atoms with Crippen molar-refractivity contribution in [3.05, 3.63) is 0 Å². The van der Waals surface area contributed by atoms with Crippen molar-refractivity contribution in [2.24, 2.45) is 0 Å². The Morgan fingerprint density at radius 2 is 1.28 bits per heavy atom. The van der Waals surface area contributed by atoms with Gasteiger partial charge >= 0.3 is 0 Å². The summed E-state index contributed by atoms with van der Waals surface area (Å²) < 4.78 is 0. The van der Waals surface area contributed by atoms with Gasteiger partial charge in [0.05, 0.1) is 18.8 Å². The van der Waals surface area contributed by atoms with Crippen LogP contribution in [0.4, 0.5) is 0 Å². The summed E-state index contributed by atoms with van der Waals surface area (Å²) in [5.74, 6) is 0. The largest absolute Gasteiger partial charge is 0.396 e. The molecule has 18 heavy (non-hydrogen) atoms. The summed E-state index contributed by atoms with van der Waals surface area (Å²) in [4.78, 5) is 0. The molecule has 0 aliphatic heterocycles. The van der Waals surface area contributed by atoms with E-state index in [1.54, 1.807) is 6.92 Å². The third-order valence-electron chi connectivity index (χ3n) is 1.80. The number of aliphatic hydroxyl groups is 6. The number of aliphatic hydroxyl groups excluding tert-OH is 6. The Morgan fingerprint density at radius 3 is 1.33 bits per heavy atom. The van der Waals surface area contributed by atoms with Gasteiger partial charge in [0, 0.05) is 19.8 Å². The molecule has 2 atom stereocenters. The second-order valence-corrected chi connectivity index (χ2v) is 3.76. The molecular formula is C12H30O6. The predicted octanol–water partition coefficient (Wildman–Crippen LogP) is -0.750. The molecule has 114 valence electrons. The van der Waals surface area contributed by atoms with Crippen molar-refractivity contribution in [3.8, 4) is 0 Å². The molecule has 0 rings (SSSR count). The van der Waals surface area contributed by atoms with Crippen molar-refractivity contribution in [1.29, 1.82) is 0 Å². The van der Waals surface area contributed by atoms with Crippen LogP contribution in [0.2, 0.25) is 0 Å². The van der Waals surface area contributed by atoms with Gasteiger partial charge in [-0.2, -0.15) is 0 Å². The van der Waals surface area contributed by atoms with Crippen LogP contribution >= 0.6 is 0 Å². The fourth-order valence-corrected chi connectivity index (χ4v) is 0.540. The van der Waals surface area contributed by atoms with E-state index >= 15 is 0 Å². The van der Waals surface area contributed by atoms with E-state index < -0.39 is 6.10 Å². The molecular weight excluding hydrogens is 240 g/mol. The first kappa shape index (κ1) is 22.9. The van der Waals surface area contributed by atoms with Crippen LogP contribution in [0, 0.1) is 0 Å². The van der Waals surface area contributed by atoms with E-state index in [-0.39, 0.29) is 32.5 Å². The zero-order chi connectivity index (χ0) is 14.8. The van der Waals surface area contributed by atoms with Gasteiger partial charge in [-0.05, 0) is 32.6 Å². The van der Waals surface area contributed by atoms with Crippen LogP contribution in [0.5, 0.6) is 0 Å². The lowest BCUT2D eigenvalue weighted by Gasteiger charge is -1.97.